The van der Waals surface area contributed by atoms with E-state index < -0.39 is 0 Å². The summed E-state index contributed by atoms with van der Waals surface area (Å²) in [6.45, 7) is 8.37. The van der Waals surface area contributed by atoms with E-state index in [4.69, 9.17) is 11.6 Å². The molecule has 0 saturated heterocycles. The molecule has 1 aliphatic rings. The van der Waals surface area contributed by atoms with Gasteiger partial charge in [-0.2, -0.15) is 5.10 Å². The van der Waals surface area contributed by atoms with Crippen molar-refractivity contribution >= 4 is 11.6 Å². The first-order chi connectivity index (χ1) is 9.65. The molecule has 112 valence electrons. The SMILES string of the molecule is CCc1nn(CC)c(CC(C)=CCCNC2CC2)c1Cl. The largest absolute Gasteiger partial charge is 0.314 e. The molecule has 4 heteroatoms. The van der Waals surface area contributed by atoms with Crippen LogP contribution >= 0.6 is 11.6 Å². The van der Waals surface area contributed by atoms with Crippen molar-refractivity contribution < 1.29 is 0 Å². The van der Waals surface area contributed by atoms with E-state index in [1.807, 2.05) is 4.68 Å². The van der Waals surface area contributed by atoms with Crippen LogP contribution in [0.3, 0.4) is 0 Å². The first kappa shape index (κ1) is 15.6. The zero-order valence-electron chi connectivity index (χ0n) is 12.9. The van der Waals surface area contributed by atoms with E-state index in [2.05, 4.69) is 37.3 Å². The Kier molecular flexibility index (Phi) is 5.67. The summed E-state index contributed by atoms with van der Waals surface area (Å²) in [5.41, 5.74) is 3.56. The summed E-state index contributed by atoms with van der Waals surface area (Å²) in [6, 6.07) is 0.798. The van der Waals surface area contributed by atoms with E-state index in [-0.39, 0.29) is 0 Å². The summed E-state index contributed by atoms with van der Waals surface area (Å²) >= 11 is 6.44. The van der Waals surface area contributed by atoms with Gasteiger partial charge in [0.05, 0.1) is 16.4 Å². The molecular formula is C16H26ClN3. The normalized spacial score (nSPS) is 15.9. The fourth-order valence-corrected chi connectivity index (χ4v) is 2.75. The summed E-state index contributed by atoms with van der Waals surface area (Å²) in [5, 5.41) is 8.97. The number of nitrogens with one attached hydrogen (secondary N) is 1. The van der Waals surface area contributed by atoms with Crippen LogP contribution in [0.1, 0.15) is 51.4 Å². The Labute approximate surface area is 127 Å². The van der Waals surface area contributed by atoms with Crippen molar-refractivity contribution in [2.45, 2.75) is 65.5 Å². The number of hydrogen-bond acceptors (Lipinski definition) is 2. The van der Waals surface area contributed by atoms with E-state index in [1.165, 1.54) is 18.4 Å². The molecular weight excluding hydrogens is 270 g/mol. The molecule has 0 spiro atoms. The van der Waals surface area contributed by atoms with Gasteiger partial charge >= 0.3 is 0 Å². The monoisotopic (exact) mass is 295 g/mol. The lowest BCUT2D eigenvalue weighted by Gasteiger charge is -2.06. The highest BCUT2D eigenvalue weighted by Crippen LogP contribution is 2.24. The van der Waals surface area contributed by atoms with E-state index in [0.717, 1.165) is 54.8 Å². The lowest BCUT2D eigenvalue weighted by molar-refractivity contribution is 0.619. The number of hydrogen-bond donors (Lipinski definition) is 1. The zero-order valence-corrected chi connectivity index (χ0v) is 13.6. The van der Waals surface area contributed by atoms with Gasteiger partial charge in [0.15, 0.2) is 0 Å². The third-order valence-electron chi connectivity index (χ3n) is 3.79. The molecule has 20 heavy (non-hydrogen) atoms. The van der Waals surface area contributed by atoms with Gasteiger partial charge in [0, 0.05) is 19.0 Å². The minimum Gasteiger partial charge on any atom is -0.314 e. The Morgan fingerprint density at radius 1 is 1.45 bits per heavy atom. The summed E-state index contributed by atoms with van der Waals surface area (Å²) in [5.74, 6) is 0. The van der Waals surface area contributed by atoms with Crippen LogP contribution in [-0.4, -0.2) is 22.4 Å². The van der Waals surface area contributed by atoms with Crippen molar-refractivity contribution in [1.82, 2.24) is 15.1 Å². The van der Waals surface area contributed by atoms with Crippen LogP contribution in [0.4, 0.5) is 0 Å². The number of allylic oxidation sites excluding steroid dienone is 1. The molecule has 1 aromatic rings. The minimum atomic E-state index is 0.798. The van der Waals surface area contributed by atoms with Crippen molar-refractivity contribution in [2.75, 3.05) is 6.54 Å². The third kappa shape index (κ3) is 4.10. The van der Waals surface area contributed by atoms with Crippen molar-refractivity contribution in [1.29, 1.82) is 0 Å². The van der Waals surface area contributed by atoms with E-state index >= 15 is 0 Å². The summed E-state index contributed by atoms with van der Waals surface area (Å²) in [6.07, 6.45) is 7.93. The highest BCUT2D eigenvalue weighted by atomic mass is 35.5. The van der Waals surface area contributed by atoms with Crippen LogP contribution in [0, 0.1) is 0 Å². The summed E-state index contributed by atoms with van der Waals surface area (Å²) in [4.78, 5) is 0. The predicted molar refractivity (Wildman–Crippen MR) is 85.4 cm³/mol. The second-order valence-electron chi connectivity index (χ2n) is 5.62. The number of aromatic nitrogens is 2. The van der Waals surface area contributed by atoms with Crippen molar-refractivity contribution in [3.8, 4) is 0 Å². The van der Waals surface area contributed by atoms with Gasteiger partial charge in [-0.15, -0.1) is 0 Å². The van der Waals surface area contributed by atoms with E-state index in [0.29, 0.717) is 0 Å². The Morgan fingerprint density at radius 2 is 2.20 bits per heavy atom. The molecule has 0 amide bonds. The average Bonchev–Trinajstić information content (AvgIpc) is 3.22. The second kappa shape index (κ2) is 7.28. The van der Waals surface area contributed by atoms with Gasteiger partial charge in [0.25, 0.3) is 0 Å². The lowest BCUT2D eigenvalue weighted by Crippen LogP contribution is -2.16. The maximum Gasteiger partial charge on any atom is 0.0853 e. The maximum absolute atomic E-state index is 6.44. The van der Waals surface area contributed by atoms with Crippen molar-refractivity contribution in [3.63, 3.8) is 0 Å². The van der Waals surface area contributed by atoms with Gasteiger partial charge < -0.3 is 5.32 Å². The molecule has 1 aliphatic carbocycles. The molecule has 1 saturated carbocycles. The molecule has 0 unspecified atom stereocenters. The van der Waals surface area contributed by atoms with Gasteiger partial charge in [-0.3, -0.25) is 4.68 Å². The maximum atomic E-state index is 6.44. The van der Waals surface area contributed by atoms with Crippen LogP contribution in [0.25, 0.3) is 0 Å². The smallest absolute Gasteiger partial charge is 0.0853 e. The minimum absolute atomic E-state index is 0.798. The molecule has 0 bridgehead atoms. The quantitative estimate of drug-likeness (QED) is 0.585. The van der Waals surface area contributed by atoms with Crippen molar-refractivity contribution in [3.05, 3.63) is 28.1 Å². The molecule has 3 nitrogen and oxygen atoms in total. The molecule has 2 rings (SSSR count). The first-order valence-electron chi connectivity index (χ1n) is 7.78. The zero-order chi connectivity index (χ0) is 14.5. The van der Waals surface area contributed by atoms with Gasteiger partial charge in [0.2, 0.25) is 0 Å². The molecule has 1 heterocycles. The number of aryl methyl sites for hydroxylation is 2. The number of rotatable bonds is 8. The number of nitrogens with zero attached hydrogens (tertiary/aromatic N) is 2. The van der Waals surface area contributed by atoms with E-state index in [1.54, 1.807) is 0 Å². The molecule has 1 fully saturated rings. The Bertz CT molecular complexity index is 472. The van der Waals surface area contributed by atoms with Crippen LogP contribution in [-0.2, 0) is 19.4 Å². The van der Waals surface area contributed by atoms with Gasteiger partial charge in [-0.05, 0) is 46.1 Å². The topological polar surface area (TPSA) is 29.9 Å². The summed E-state index contributed by atoms with van der Waals surface area (Å²) in [7, 11) is 0. The molecule has 0 aromatic carbocycles. The van der Waals surface area contributed by atoms with Crippen LogP contribution < -0.4 is 5.32 Å². The lowest BCUT2D eigenvalue weighted by atomic mass is 10.1. The average molecular weight is 296 g/mol. The van der Waals surface area contributed by atoms with E-state index in [9.17, 15) is 0 Å². The van der Waals surface area contributed by atoms with Crippen LogP contribution in [0.2, 0.25) is 5.02 Å². The van der Waals surface area contributed by atoms with Gasteiger partial charge in [0.1, 0.15) is 0 Å². The standard InChI is InChI=1S/C16H26ClN3/c1-4-14-16(17)15(20(5-2)19-14)11-12(3)7-6-10-18-13-8-9-13/h7,13,18H,4-6,8-11H2,1-3H3. The van der Waals surface area contributed by atoms with Gasteiger partial charge in [-0.1, -0.05) is 30.2 Å². The fourth-order valence-electron chi connectivity index (χ4n) is 2.42. The highest BCUT2D eigenvalue weighted by Gasteiger charge is 2.19. The summed E-state index contributed by atoms with van der Waals surface area (Å²) < 4.78 is 2.04. The van der Waals surface area contributed by atoms with Crippen LogP contribution in [0.15, 0.2) is 11.6 Å². The Morgan fingerprint density at radius 3 is 2.80 bits per heavy atom. The Hall–Kier alpha value is -0.800. The first-order valence-corrected chi connectivity index (χ1v) is 8.16. The Balaban J connectivity index is 1.93. The molecule has 1 N–H and O–H groups in total. The number of halogens is 1. The molecule has 0 radical (unpaired) electrons. The molecule has 0 atom stereocenters. The second-order valence-corrected chi connectivity index (χ2v) is 6.00. The van der Waals surface area contributed by atoms with Crippen molar-refractivity contribution in [2.24, 2.45) is 0 Å². The molecule has 0 aliphatic heterocycles. The third-order valence-corrected chi connectivity index (χ3v) is 4.22. The highest BCUT2D eigenvalue weighted by molar-refractivity contribution is 6.31. The fraction of sp³-hybridized carbons (Fsp3) is 0.688. The van der Waals surface area contributed by atoms with Gasteiger partial charge in [-0.25, -0.2) is 0 Å². The predicted octanol–water partition coefficient (Wildman–Crippen LogP) is 3.75. The molecule has 1 aromatic heterocycles. The van der Waals surface area contributed by atoms with Crippen LogP contribution in [0.5, 0.6) is 0 Å².